The number of aromatic amines is 1. The molecule has 6 nitrogen and oxygen atoms in total. The topological polar surface area (TPSA) is 65.6 Å². The van der Waals surface area contributed by atoms with E-state index in [4.69, 9.17) is 4.74 Å². The largest absolute Gasteiger partial charge is 0.439 e. The van der Waals surface area contributed by atoms with Gasteiger partial charge in [0.05, 0.1) is 13.1 Å². The van der Waals surface area contributed by atoms with Crippen molar-refractivity contribution in [2.75, 3.05) is 26.7 Å². The molecule has 0 radical (unpaired) electrons. The Balaban J connectivity index is 1.38. The number of carbonyl (C=O) groups excluding carboxylic acids is 2. The lowest BCUT2D eigenvalue weighted by atomic mass is 10.0. The van der Waals surface area contributed by atoms with Gasteiger partial charge >= 0.3 is 6.09 Å². The number of benzene rings is 1. The van der Waals surface area contributed by atoms with Crippen LogP contribution in [-0.4, -0.2) is 59.1 Å². The van der Waals surface area contributed by atoms with Gasteiger partial charge in [-0.3, -0.25) is 4.79 Å². The molecule has 0 bridgehead atoms. The average molecular weight is 327 g/mol. The number of fused-ring (bicyclic) bond motifs is 1. The highest BCUT2D eigenvalue weighted by atomic mass is 16.6. The number of amides is 2. The lowest BCUT2D eigenvalue weighted by Gasteiger charge is -2.21. The van der Waals surface area contributed by atoms with Crippen LogP contribution in [-0.2, 0) is 16.0 Å². The summed E-state index contributed by atoms with van der Waals surface area (Å²) in [6.07, 6.45) is 3.61. The van der Waals surface area contributed by atoms with Crippen LogP contribution < -0.4 is 0 Å². The van der Waals surface area contributed by atoms with E-state index in [1.54, 1.807) is 11.9 Å². The second kappa shape index (κ2) is 5.54. The normalized spacial score (nSPS) is 23.5. The van der Waals surface area contributed by atoms with Crippen molar-refractivity contribution in [2.24, 2.45) is 0 Å². The molecule has 1 N–H and O–H groups in total. The van der Waals surface area contributed by atoms with E-state index in [9.17, 15) is 9.59 Å². The molecule has 1 aromatic carbocycles. The minimum absolute atomic E-state index is 0.128. The molecule has 3 heterocycles. The van der Waals surface area contributed by atoms with Crippen molar-refractivity contribution in [2.45, 2.75) is 24.9 Å². The Morgan fingerprint density at radius 1 is 1.33 bits per heavy atom. The van der Waals surface area contributed by atoms with E-state index in [2.05, 4.69) is 11.1 Å². The van der Waals surface area contributed by atoms with E-state index < -0.39 is 5.60 Å². The Kier molecular flexibility index (Phi) is 3.48. The summed E-state index contributed by atoms with van der Waals surface area (Å²) in [5.74, 6) is 0.128. The van der Waals surface area contributed by atoms with Gasteiger partial charge in [0, 0.05) is 43.5 Å². The smallest absolute Gasteiger partial charge is 0.410 e. The van der Waals surface area contributed by atoms with E-state index in [0.29, 0.717) is 32.5 Å². The van der Waals surface area contributed by atoms with Crippen molar-refractivity contribution < 1.29 is 14.3 Å². The number of hydrogen-bond donors (Lipinski definition) is 1. The molecule has 24 heavy (non-hydrogen) atoms. The number of hydrogen-bond acceptors (Lipinski definition) is 3. The molecule has 1 spiro atoms. The second-order valence-electron chi connectivity index (χ2n) is 6.83. The van der Waals surface area contributed by atoms with Crippen molar-refractivity contribution in [1.82, 2.24) is 14.8 Å². The van der Waals surface area contributed by atoms with Crippen LogP contribution in [0.5, 0.6) is 0 Å². The maximum atomic E-state index is 12.5. The third-order valence-corrected chi connectivity index (χ3v) is 5.09. The number of rotatable bonds is 3. The van der Waals surface area contributed by atoms with E-state index in [1.165, 1.54) is 10.9 Å². The Labute approximate surface area is 140 Å². The SMILES string of the molecule is CN1C[C@]2(CCN(C(=O)CCc3c[nH]c4ccccc34)C2)OC1=O. The summed E-state index contributed by atoms with van der Waals surface area (Å²) in [5, 5.41) is 1.18. The molecule has 2 fully saturated rings. The van der Waals surface area contributed by atoms with E-state index >= 15 is 0 Å². The van der Waals surface area contributed by atoms with Gasteiger partial charge < -0.3 is 19.5 Å². The Morgan fingerprint density at radius 2 is 2.17 bits per heavy atom. The van der Waals surface area contributed by atoms with Crippen LogP contribution in [0.4, 0.5) is 4.79 Å². The molecule has 126 valence electrons. The van der Waals surface area contributed by atoms with Gasteiger partial charge in [-0.1, -0.05) is 18.2 Å². The molecule has 0 unspecified atom stereocenters. The number of aromatic nitrogens is 1. The summed E-state index contributed by atoms with van der Waals surface area (Å²) >= 11 is 0. The molecular formula is C18H21N3O3. The van der Waals surface area contributed by atoms with Gasteiger partial charge in [0.15, 0.2) is 5.60 Å². The standard InChI is InChI=1S/C18H21N3O3/c1-20-11-18(24-17(20)23)8-9-21(12-18)16(22)7-6-13-10-19-15-5-3-2-4-14(13)15/h2-5,10,19H,6-9,11-12H2,1H3/t18-/m0/s1. The fraction of sp³-hybridized carbons (Fsp3) is 0.444. The van der Waals surface area contributed by atoms with Gasteiger partial charge in [-0.15, -0.1) is 0 Å². The predicted octanol–water partition coefficient (Wildman–Crippen LogP) is 2.15. The van der Waals surface area contributed by atoms with Crippen LogP contribution >= 0.6 is 0 Å². The molecular weight excluding hydrogens is 306 g/mol. The van der Waals surface area contributed by atoms with Gasteiger partial charge in [-0.2, -0.15) is 0 Å². The van der Waals surface area contributed by atoms with Crippen LogP contribution in [0.15, 0.2) is 30.5 Å². The van der Waals surface area contributed by atoms with Gasteiger partial charge in [0.1, 0.15) is 0 Å². The first-order valence-corrected chi connectivity index (χ1v) is 8.33. The first kappa shape index (κ1) is 15.1. The molecule has 2 saturated heterocycles. The van der Waals surface area contributed by atoms with Gasteiger partial charge in [-0.25, -0.2) is 4.79 Å². The molecule has 1 atom stereocenters. The lowest BCUT2D eigenvalue weighted by Crippen LogP contribution is -2.39. The quantitative estimate of drug-likeness (QED) is 0.939. The fourth-order valence-electron chi connectivity index (χ4n) is 3.80. The van der Waals surface area contributed by atoms with Crippen molar-refractivity contribution in [3.63, 3.8) is 0 Å². The molecule has 2 aromatic rings. The maximum absolute atomic E-state index is 12.5. The molecule has 6 heteroatoms. The molecule has 2 aliphatic heterocycles. The molecule has 0 saturated carbocycles. The van der Waals surface area contributed by atoms with Crippen LogP contribution in [0.3, 0.4) is 0 Å². The van der Waals surface area contributed by atoms with Gasteiger partial charge in [0.2, 0.25) is 5.91 Å². The number of likely N-dealkylation sites (N-methyl/N-ethyl adjacent to an activating group) is 1. The number of nitrogens with zero attached hydrogens (tertiary/aromatic N) is 2. The minimum Gasteiger partial charge on any atom is -0.439 e. The minimum atomic E-state index is -0.498. The van der Waals surface area contributed by atoms with Gasteiger partial charge in [0.25, 0.3) is 0 Å². The van der Waals surface area contributed by atoms with Crippen molar-refractivity contribution in [3.8, 4) is 0 Å². The second-order valence-corrected chi connectivity index (χ2v) is 6.83. The third kappa shape index (κ3) is 2.52. The van der Waals surface area contributed by atoms with Crippen LogP contribution in [0.1, 0.15) is 18.4 Å². The number of nitrogens with one attached hydrogen (secondary N) is 1. The number of para-hydroxylation sites is 1. The van der Waals surface area contributed by atoms with Gasteiger partial charge in [-0.05, 0) is 18.1 Å². The van der Waals surface area contributed by atoms with Crippen molar-refractivity contribution >= 4 is 22.9 Å². The summed E-state index contributed by atoms with van der Waals surface area (Å²) in [6, 6.07) is 8.12. The number of aryl methyl sites for hydroxylation is 1. The summed E-state index contributed by atoms with van der Waals surface area (Å²) in [5.41, 5.74) is 1.77. The van der Waals surface area contributed by atoms with Crippen LogP contribution in [0.2, 0.25) is 0 Å². The molecule has 1 aromatic heterocycles. The number of ether oxygens (including phenoxy) is 1. The molecule has 0 aliphatic carbocycles. The Bertz CT molecular complexity index is 800. The first-order chi connectivity index (χ1) is 11.6. The zero-order valence-electron chi connectivity index (χ0n) is 13.7. The molecule has 2 amide bonds. The fourth-order valence-corrected chi connectivity index (χ4v) is 3.80. The molecule has 4 rings (SSSR count). The third-order valence-electron chi connectivity index (χ3n) is 5.09. The average Bonchev–Trinajstić information content (AvgIpc) is 3.24. The molecule has 2 aliphatic rings. The number of likely N-dealkylation sites (tertiary alicyclic amines) is 1. The van der Waals surface area contributed by atoms with E-state index in [1.807, 2.05) is 29.3 Å². The van der Waals surface area contributed by atoms with Crippen molar-refractivity contribution in [1.29, 1.82) is 0 Å². The summed E-state index contributed by atoms with van der Waals surface area (Å²) in [4.78, 5) is 30.8. The highest BCUT2D eigenvalue weighted by Crippen LogP contribution is 2.32. The number of carbonyl (C=O) groups is 2. The monoisotopic (exact) mass is 327 g/mol. The van der Waals surface area contributed by atoms with Crippen LogP contribution in [0.25, 0.3) is 10.9 Å². The zero-order valence-corrected chi connectivity index (χ0v) is 13.7. The van der Waals surface area contributed by atoms with Crippen LogP contribution in [0, 0.1) is 0 Å². The highest BCUT2D eigenvalue weighted by molar-refractivity contribution is 5.84. The first-order valence-electron chi connectivity index (χ1n) is 8.33. The summed E-state index contributed by atoms with van der Waals surface area (Å²) in [7, 11) is 1.73. The summed E-state index contributed by atoms with van der Waals surface area (Å²) < 4.78 is 5.50. The number of H-pyrrole nitrogens is 1. The van der Waals surface area contributed by atoms with E-state index in [-0.39, 0.29) is 12.0 Å². The summed E-state index contributed by atoms with van der Waals surface area (Å²) in [6.45, 7) is 1.74. The lowest BCUT2D eigenvalue weighted by molar-refractivity contribution is -0.130. The van der Waals surface area contributed by atoms with E-state index in [0.717, 1.165) is 11.9 Å². The highest BCUT2D eigenvalue weighted by Gasteiger charge is 2.49. The Hall–Kier alpha value is -2.50. The predicted molar refractivity (Wildman–Crippen MR) is 89.7 cm³/mol. The zero-order chi connectivity index (χ0) is 16.7. The Morgan fingerprint density at radius 3 is 2.96 bits per heavy atom. The van der Waals surface area contributed by atoms with Crippen molar-refractivity contribution in [3.05, 3.63) is 36.0 Å². The maximum Gasteiger partial charge on any atom is 0.410 e.